The van der Waals surface area contributed by atoms with Crippen LogP contribution >= 0.6 is 0 Å². The summed E-state index contributed by atoms with van der Waals surface area (Å²) in [4.78, 5) is 18.3. The van der Waals surface area contributed by atoms with Crippen LogP contribution in [0.25, 0.3) is 0 Å². The van der Waals surface area contributed by atoms with Crippen molar-refractivity contribution < 1.29 is 9.90 Å². The van der Waals surface area contributed by atoms with Gasteiger partial charge in [-0.25, -0.2) is 4.98 Å². The van der Waals surface area contributed by atoms with E-state index in [1.807, 2.05) is 12.1 Å². The average Bonchev–Trinajstić information content (AvgIpc) is 3.15. The van der Waals surface area contributed by atoms with Crippen LogP contribution in [0.3, 0.4) is 0 Å². The van der Waals surface area contributed by atoms with Crippen LogP contribution in [0.5, 0.6) is 0 Å². The molecule has 1 atom stereocenters. The van der Waals surface area contributed by atoms with E-state index in [0.29, 0.717) is 11.1 Å². The van der Waals surface area contributed by atoms with Crippen LogP contribution in [0, 0.1) is 0 Å². The Kier molecular flexibility index (Phi) is 5.43. The zero-order chi connectivity index (χ0) is 14.9. The Hall–Kier alpha value is -2.72. The third-order valence-corrected chi connectivity index (χ3v) is 2.83. The number of aromatic amines is 1. The first-order valence-corrected chi connectivity index (χ1v) is 6.54. The molecule has 106 valence electrons. The van der Waals surface area contributed by atoms with Gasteiger partial charge in [0.2, 0.25) is 0 Å². The Labute approximate surface area is 123 Å². The van der Waals surface area contributed by atoms with Crippen molar-refractivity contribution in [1.82, 2.24) is 9.97 Å². The summed E-state index contributed by atoms with van der Waals surface area (Å²) in [5.74, 6) is -0.271. The van der Waals surface area contributed by atoms with Crippen LogP contribution in [-0.4, -0.2) is 20.9 Å². The van der Waals surface area contributed by atoms with E-state index in [4.69, 9.17) is 0 Å². The standard InChI is InChI=1S/C14H12O2.C3H4N2/c15-13(11-7-3-1-4-8-11)14(16)12-9-5-2-6-10-12;1-2-5-3-4-1/h1-10,13,15H;1-3H,(H,4,5). The van der Waals surface area contributed by atoms with Gasteiger partial charge in [0.15, 0.2) is 5.78 Å². The minimum Gasteiger partial charge on any atom is -0.380 e. The van der Waals surface area contributed by atoms with Gasteiger partial charge < -0.3 is 10.1 Å². The number of aliphatic hydroxyl groups excluding tert-OH is 1. The molecule has 0 fully saturated rings. The number of nitrogens with one attached hydrogen (secondary N) is 1. The predicted molar refractivity (Wildman–Crippen MR) is 80.8 cm³/mol. The lowest BCUT2D eigenvalue weighted by molar-refractivity contribution is 0.0747. The van der Waals surface area contributed by atoms with Crippen LogP contribution in [0.4, 0.5) is 0 Å². The van der Waals surface area contributed by atoms with Crippen molar-refractivity contribution in [3.8, 4) is 0 Å². The monoisotopic (exact) mass is 280 g/mol. The van der Waals surface area contributed by atoms with Crippen molar-refractivity contribution in [3.63, 3.8) is 0 Å². The molecule has 0 aliphatic carbocycles. The topological polar surface area (TPSA) is 66.0 Å². The first-order chi connectivity index (χ1) is 10.3. The summed E-state index contributed by atoms with van der Waals surface area (Å²) < 4.78 is 0. The molecule has 1 heterocycles. The highest BCUT2D eigenvalue weighted by molar-refractivity contribution is 5.99. The minimum absolute atomic E-state index is 0.271. The van der Waals surface area contributed by atoms with Crippen LogP contribution in [-0.2, 0) is 0 Å². The smallest absolute Gasteiger partial charge is 0.195 e. The molecule has 21 heavy (non-hydrogen) atoms. The first-order valence-electron chi connectivity index (χ1n) is 6.54. The third-order valence-electron chi connectivity index (χ3n) is 2.83. The average molecular weight is 280 g/mol. The summed E-state index contributed by atoms with van der Waals surface area (Å²) >= 11 is 0. The molecule has 0 saturated heterocycles. The molecule has 3 rings (SSSR count). The van der Waals surface area contributed by atoms with E-state index in [-0.39, 0.29) is 5.78 Å². The molecule has 0 bridgehead atoms. The van der Waals surface area contributed by atoms with Gasteiger partial charge in [-0.15, -0.1) is 0 Å². The largest absolute Gasteiger partial charge is 0.380 e. The van der Waals surface area contributed by atoms with E-state index in [1.54, 1.807) is 67.3 Å². The van der Waals surface area contributed by atoms with E-state index >= 15 is 0 Å². The molecule has 0 spiro atoms. The van der Waals surface area contributed by atoms with Crippen LogP contribution < -0.4 is 0 Å². The Balaban J connectivity index is 0.000000272. The Morgan fingerprint density at radius 3 is 2.10 bits per heavy atom. The van der Waals surface area contributed by atoms with E-state index < -0.39 is 6.10 Å². The second-order valence-electron chi connectivity index (χ2n) is 4.30. The van der Waals surface area contributed by atoms with Crippen molar-refractivity contribution in [1.29, 1.82) is 0 Å². The number of Topliss-reactive ketones (excluding diaryl/α,β-unsaturated/α-hetero) is 1. The van der Waals surface area contributed by atoms with Crippen molar-refractivity contribution in [2.75, 3.05) is 0 Å². The second-order valence-corrected chi connectivity index (χ2v) is 4.30. The summed E-state index contributed by atoms with van der Waals surface area (Å²) in [5.41, 5.74) is 1.15. The maximum Gasteiger partial charge on any atom is 0.195 e. The van der Waals surface area contributed by atoms with Gasteiger partial charge in [0.1, 0.15) is 6.10 Å². The molecular formula is C17H16N2O2. The van der Waals surface area contributed by atoms with Crippen LogP contribution in [0.15, 0.2) is 79.4 Å². The van der Waals surface area contributed by atoms with Crippen LogP contribution in [0.2, 0.25) is 0 Å². The van der Waals surface area contributed by atoms with Crippen molar-refractivity contribution in [3.05, 3.63) is 90.5 Å². The van der Waals surface area contributed by atoms with E-state index in [1.165, 1.54) is 0 Å². The Morgan fingerprint density at radius 2 is 1.62 bits per heavy atom. The number of rotatable bonds is 3. The molecule has 0 amide bonds. The van der Waals surface area contributed by atoms with Crippen LogP contribution in [0.1, 0.15) is 22.0 Å². The fourth-order valence-electron chi connectivity index (χ4n) is 1.76. The van der Waals surface area contributed by atoms with Gasteiger partial charge in [-0.1, -0.05) is 60.7 Å². The number of ketones is 1. The summed E-state index contributed by atoms with van der Waals surface area (Å²) in [6.45, 7) is 0. The summed E-state index contributed by atoms with van der Waals surface area (Å²) in [6.07, 6.45) is 4.00. The molecule has 4 heteroatoms. The summed E-state index contributed by atoms with van der Waals surface area (Å²) in [6, 6.07) is 17.7. The van der Waals surface area contributed by atoms with Gasteiger partial charge in [-0.2, -0.15) is 0 Å². The quantitative estimate of drug-likeness (QED) is 0.725. The maximum atomic E-state index is 11.9. The number of H-pyrrole nitrogens is 1. The second kappa shape index (κ2) is 7.77. The SMILES string of the molecule is O=C(c1ccccc1)C(O)c1ccccc1.c1c[nH]cn1. The Morgan fingerprint density at radius 1 is 1.00 bits per heavy atom. The molecule has 1 unspecified atom stereocenters. The molecule has 0 saturated carbocycles. The summed E-state index contributed by atoms with van der Waals surface area (Å²) in [7, 11) is 0. The normalized spacial score (nSPS) is 11.1. The number of imidazole rings is 1. The number of carbonyl (C=O) groups excluding carboxylic acids is 1. The zero-order valence-corrected chi connectivity index (χ0v) is 11.4. The number of nitrogens with zero attached hydrogens (tertiary/aromatic N) is 1. The number of hydrogen-bond donors (Lipinski definition) is 2. The molecule has 0 aliphatic heterocycles. The van der Waals surface area contributed by atoms with Gasteiger partial charge in [0.05, 0.1) is 6.33 Å². The lowest BCUT2D eigenvalue weighted by Gasteiger charge is -2.09. The van der Waals surface area contributed by atoms with Crippen molar-refractivity contribution in [2.45, 2.75) is 6.10 Å². The minimum atomic E-state index is -1.08. The van der Waals surface area contributed by atoms with E-state index in [9.17, 15) is 9.90 Å². The maximum absolute atomic E-state index is 11.9. The molecular weight excluding hydrogens is 264 g/mol. The predicted octanol–water partition coefficient (Wildman–Crippen LogP) is 3.01. The van der Waals surface area contributed by atoms with E-state index in [0.717, 1.165) is 0 Å². The number of carbonyl (C=O) groups is 1. The molecule has 4 nitrogen and oxygen atoms in total. The molecule has 2 N–H and O–H groups in total. The lowest BCUT2D eigenvalue weighted by atomic mass is 10.0. The molecule has 0 radical (unpaired) electrons. The molecule has 2 aromatic carbocycles. The number of aromatic nitrogens is 2. The number of hydrogen-bond acceptors (Lipinski definition) is 3. The fourth-order valence-corrected chi connectivity index (χ4v) is 1.76. The number of benzene rings is 2. The van der Waals surface area contributed by atoms with Gasteiger partial charge >= 0.3 is 0 Å². The highest BCUT2D eigenvalue weighted by Gasteiger charge is 2.18. The molecule has 3 aromatic rings. The highest BCUT2D eigenvalue weighted by Crippen LogP contribution is 2.17. The first kappa shape index (κ1) is 14.7. The molecule has 0 aliphatic rings. The van der Waals surface area contributed by atoms with Gasteiger partial charge in [0, 0.05) is 18.0 Å². The third kappa shape index (κ3) is 4.40. The number of aliphatic hydroxyl groups is 1. The highest BCUT2D eigenvalue weighted by atomic mass is 16.3. The van der Waals surface area contributed by atoms with Gasteiger partial charge in [0.25, 0.3) is 0 Å². The fraction of sp³-hybridized carbons (Fsp3) is 0.0588. The van der Waals surface area contributed by atoms with Gasteiger partial charge in [-0.3, -0.25) is 4.79 Å². The lowest BCUT2D eigenvalue weighted by Crippen LogP contribution is -2.11. The van der Waals surface area contributed by atoms with E-state index in [2.05, 4.69) is 9.97 Å². The van der Waals surface area contributed by atoms with Gasteiger partial charge in [-0.05, 0) is 5.56 Å². The summed E-state index contributed by atoms with van der Waals surface area (Å²) in [5, 5.41) is 9.89. The zero-order valence-electron chi connectivity index (χ0n) is 11.4. The van der Waals surface area contributed by atoms with Crippen molar-refractivity contribution >= 4 is 5.78 Å². The molecule has 1 aromatic heterocycles. The Bertz CT molecular complexity index is 620. The van der Waals surface area contributed by atoms with Crippen molar-refractivity contribution in [2.24, 2.45) is 0 Å².